The highest BCUT2D eigenvalue weighted by atomic mass is 16.4. The smallest absolute Gasteiger partial charge is 0.303 e. The third-order valence-electron chi connectivity index (χ3n) is 3.54. The second-order valence-corrected chi connectivity index (χ2v) is 5.72. The minimum atomic E-state index is -0.683. The van der Waals surface area contributed by atoms with E-state index in [2.05, 4.69) is 43.4 Å². The molecule has 1 N–H and O–H groups in total. The van der Waals surface area contributed by atoms with Gasteiger partial charge < -0.3 is 5.11 Å². The zero-order valence-corrected chi connectivity index (χ0v) is 14.3. The van der Waals surface area contributed by atoms with Gasteiger partial charge in [-0.3, -0.25) is 4.79 Å². The Balaban J connectivity index is 3.18. The summed E-state index contributed by atoms with van der Waals surface area (Å²) in [6.45, 7) is 2.15. The molecule has 0 atom stereocenters. The average molecular weight is 306 g/mol. The molecule has 0 bridgehead atoms. The van der Waals surface area contributed by atoms with Crippen molar-refractivity contribution in [1.29, 1.82) is 0 Å². The summed E-state index contributed by atoms with van der Waals surface area (Å²) in [6, 6.07) is 0. The lowest BCUT2D eigenvalue weighted by Gasteiger charge is -1.98. The summed E-state index contributed by atoms with van der Waals surface area (Å²) in [6.07, 6.45) is 26.3. The molecule has 0 fully saturated rings. The van der Waals surface area contributed by atoms with E-state index in [1.807, 2.05) is 0 Å². The maximum absolute atomic E-state index is 10.3. The number of aliphatic carboxylic acids is 1. The summed E-state index contributed by atoms with van der Waals surface area (Å²) in [5.41, 5.74) is 0. The highest BCUT2D eigenvalue weighted by molar-refractivity contribution is 5.66. The number of hydrogen-bond acceptors (Lipinski definition) is 1. The van der Waals surface area contributed by atoms with Gasteiger partial charge in [-0.25, -0.2) is 0 Å². The summed E-state index contributed by atoms with van der Waals surface area (Å²) >= 11 is 0. The monoisotopic (exact) mass is 306 g/mol. The molecular weight excluding hydrogens is 272 g/mol. The first-order valence-corrected chi connectivity index (χ1v) is 8.95. The summed E-state index contributed by atoms with van der Waals surface area (Å²) < 4.78 is 0. The van der Waals surface area contributed by atoms with Crippen LogP contribution in [-0.4, -0.2) is 11.1 Å². The number of allylic oxidation sites excluding steroid dienone is 6. The van der Waals surface area contributed by atoms with Crippen LogP contribution in [0.3, 0.4) is 0 Å². The normalized spacial score (nSPS) is 12.0. The van der Waals surface area contributed by atoms with Crippen LogP contribution in [0.15, 0.2) is 36.5 Å². The largest absolute Gasteiger partial charge is 0.481 e. The molecule has 0 aliphatic heterocycles. The second-order valence-electron chi connectivity index (χ2n) is 5.72. The average Bonchev–Trinajstić information content (AvgIpc) is 2.50. The Labute approximate surface area is 137 Å². The van der Waals surface area contributed by atoms with Gasteiger partial charge in [-0.05, 0) is 51.4 Å². The summed E-state index contributed by atoms with van der Waals surface area (Å²) in [5, 5.41) is 8.51. The number of rotatable bonds is 15. The predicted octanol–water partition coefficient (Wildman–Crippen LogP) is 6.44. The van der Waals surface area contributed by atoms with Crippen LogP contribution in [0.25, 0.3) is 0 Å². The van der Waals surface area contributed by atoms with Crippen molar-refractivity contribution < 1.29 is 9.90 Å². The van der Waals surface area contributed by atoms with E-state index in [1.165, 1.54) is 44.9 Å². The van der Waals surface area contributed by atoms with E-state index < -0.39 is 5.97 Å². The van der Waals surface area contributed by atoms with Crippen molar-refractivity contribution in [2.75, 3.05) is 0 Å². The Morgan fingerprint density at radius 2 is 1.23 bits per heavy atom. The third-order valence-corrected chi connectivity index (χ3v) is 3.54. The standard InChI is InChI=1S/C20H34O2/c1-2-3-4-5-6-7-8-9-10-11-12-13-14-15-16-17-18-19-20(21)22/h3-6,14-15H,2,7-13,16-19H2,1H3,(H,21,22)/b4-3+,6-5+,15-14+. The summed E-state index contributed by atoms with van der Waals surface area (Å²) in [5.74, 6) is -0.683. The molecule has 0 heterocycles. The Kier molecular flexibility index (Phi) is 16.7. The van der Waals surface area contributed by atoms with Crippen molar-refractivity contribution >= 4 is 5.97 Å². The van der Waals surface area contributed by atoms with Crippen LogP contribution in [-0.2, 0) is 4.79 Å². The Hall–Kier alpha value is -1.31. The van der Waals surface area contributed by atoms with E-state index in [-0.39, 0.29) is 0 Å². The lowest BCUT2D eigenvalue weighted by molar-refractivity contribution is -0.137. The number of carboxylic acids is 1. The van der Waals surface area contributed by atoms with E-state index in [1.54, 1.807) is 0 Å². The molecule has 2 nitrogen and oxygen atoms in total. The highest BCUT2D eigenvalue weighted by Crippen LogP contribution is 2.09. The Morgan fingerprint density at radius 1 is 0.727 bits per heavy atom. The fourth-order valence-electron chi connectivity index (χ4n) is 2.22. The molecule has 126 valence electrons. The van der Waals surface area contributed by atoms with E-state index in [0.29, 0.717) is 6.42 Å². The van der Waals surface area contributed by atoms with E-state index in [4.69, 9.17) is 5.11 Å². The number of carboxylic acid groups (broad SMARTS) is 1. The minimum absolute atomic E-state index is 0.303. The van der Waals surface area contributed by atoms with Crippen LogP contribution >= 0.6 is 0 Å². The van der Waals surface area contributed by atoms with Crippen molar-refractivity contribution in [3.8, 4) is 0 Å². The topological polar surface area (TPSA) is 37.3 Å². The van der Waals surface area contributed by atoms with Gasteiger partial charge in [0.15, 0.2) is 0 Å². The molecule has 0 aliphatic rings. The van der Waals surface area contributed by atoms with Crippen molar-refractivity contribution in [1.82, 2.24) is 0 Å². The number of unbranched alkanes of at least 4 members (excludes halogenated alkanes) is 8. The first-order chi connectivity index (χ1) is 10.8. The summed E-state index contributed by atoms with van der Waals surface area (Å²) in [7, 11) is 0. The number of hydrogen-bond donors (Lipinski definition) is 1. The zero-order chi connectivity index (χ0) is 16.3. The Morgan fingerprint density at radius 3 is 1.82 bits per heavy atom. The zero-order valence-electron chi connectivity index (χ0n) is 14.3. The van der Waals surface area contributed by atoms with Crippen LogP contribution in [0.1, 0.15) is 84.0 Å². The molecule has 0 aromatic rings. The van der Waals surface area contributed by atoms with E-state index in [0.717, 1.165) is 25.7 Å². The van der Waals surface area contributed by atoms with Crippen LogP contribution in [0.5, 0.6) is 0 Å². The lowest BCUT2D eigenvalue weighted by atomic mass is 10.1. The van der Waals surface area contributed by atoms with Gasteiger partial charge in [-0.1, -0.05) is 62.6 Å². The fourth-order valence-corrected chi connectivity index (χ4v) is 2.22. The lowest BCUT2D eigenvalue weighted by Crippen LogP contribution is -1.92. The molecule has 0 aromatic heterocycles. The molecule has 0 radical (unpaired) electrons. The molecule has 22 heavy (non-hydrogen) atoms. The van der Waals surface area contributed by atoms with Gasteiger partial charge >= 0.3 is 5.97 Å². The molecule has 0 aliphatic carbocycles. The van der Waals surface area contributed by atoms with Crippen LogP contribution in [0, 0.1) is 0 Å². The van der Waals surface area contributed by atoms with Crippen molar-refractivity contribution in [3.63, 3.8) is 0 Å². The second kappa shape index (κ2) is 17.7. The molecule has 0 saturated carbocycles. The Bertz CT molecular complexity index is 327. The molecule has 0 rings (SSSR count). The number of carbonyl (C=O) groups is 1. The SMILES string of the molecule is CC/C=C/C=C/CCCCCCC/C=C/CCCCC(=O)O. The van der Waals surface area contributed by atoms with Gasteiger partial charge in [0.2, 0.25) is 0 Å². The van der Waals surface area contributed by atoms with Crippen LogP contribution < -0.4 is 0 Å². The molecule has 0 spiro atoms. The predicted molar refractivity (Wildman–Crippen MR) is 96.1 cm³/mol. The van der Waals surface area contributed by atoms with Gasteiger partial charge in [0, 0.05) is 6.42 Å². The van der Waals surface area contributed by atoms with Crippen molar-refractivity contribution in [2.45, 2.75) is 84.0 Å². The van der Waals surface area contributed by atoms with E-state index >= 15 is 0 Å². The molecule has 0 aromatic carbocycles. The van der Waals surface area contributed by atoms with E-state index in [9.17, 15) is 4.79 Å². The highest BCUT2D eigenvalue weighted by Gasteiger charge is 1.94. The molecule has 2 heteroatoms. The van der Waals surface area contributed by atoms with Crippen molar-refractivity contribution in [3.05, 3.63) is 36.5 Å². The summed E-state index contributed by atoms with van der Waals surface area (Å²) in [4.78, 5) is 10.3. The molecular formula is C20H34O2. The van der Waals surface area contributed by atoms with Gasteiger partial charge in [0.1, 0.15) is 0 Å². The quantitative estimate of drug-likeness (QED) is 0.215. The third kappa shape index (κ3) is 18.7. The molecule has 0 unspecified atom stereocenters. The molecule has 0 amide bonds. The van der Waals surface area contributed by atoms with Gasteiger partial charge in [0.05, 0.1) is 0 Å². The molecule has 0 saturated heterocycles. The van der Waals surface area contributed by atoms with Crippen molar-refractivity contribution in [2.24, 2.45) is 0 Å². The minimum Gasteiger partial charge on any atom is -0.481 e. The first kappa shape index (κ1) is 20.7. The van der Waals surface area contributed by atoms with Gasteiger partial charge in [0.25, 0.3) is 0 Å². The maximum Gasteiger partial charge on any atom is 0.303 e. The van der Waals surface area contributed by atoms with Crippen LogP contribution in [0.4, 0.5) is 0 Å². The van der Waals surface area contributed by atoms with Gasteiger partial charge in [-0.15, -0.1) is 0 Å². The maximum atomic E-state index is 10.3. The first-order valence-electron chi connectivity index (χ1n) is 8.95. The van der Waals surface area contributed by atoms with Gasteiger partial charge in [-0.2, -0.15) is 0 Å². The fraction of sp³-hybridized carbons (Fsp3) is 0.650. The van der Waals surface area contributed by atoms with Crippen LogP contribution in [0.2, 0.25) is 0 Å².